The number of anilines is 3. The Morgan fingerprint density at radius 3 is 1.35 bits per heavy atom. The summed E-state index contributed by atoms with van der Waals surface area (Å²) in [4.78, 5) is 2.36. The third-order valence-electron chi connectivity index (χ3n) is 12.6. The van der Waals surface area contributed by atoms with Crippen molar-refractivity contribution in [2.75, 3.05) is 4.90 Å². The van der Waals surface area contributed by atoms with Gasteiger partial charge in [-0.25, -0.2) is 0 Å². The summed E-state index contributed by atoms with van der Waals surface area (Å²) in [6.07, 6.45) is 0. The van der Waals surface area contributed by atoms with Gasteiger partial charge >= 0.3 is 0 Å². The van der Waals surface area contributed by atoms with Crippen molar-refractivity contribution in [3.63, 3.8) is 0 Å². The fourth-order valence-corrected chi connectivity index (χ4v) is 9.51. The highest BCUT2D eigenvalue weighted by molar-refractivity contribution is 6.12. The molecular weight excluding hydrogens is 749 g/mol. The monoisotopic (exact) mass is 788 g/mol. The van der Waals surface area contributed by atoms with Crippen molar-refractivity contribution < 1.29 is 0 Å². The molecule has 12 aromatic rings. The van der Waals surface area contributed by atoms with Crippen LogP contribution in [0.1, 0.15) is 0 Å². The molecule has 290 valence electrons. The lowest BCUT2D eigenvalue weighted by Gasteiger charge is -2.26. The number of benzene rings is 11. The van der Waals surface area contributed by atoms with E-state index in [4.69, 9.17) is 0 Å². The van der Waals surface area contributed by atoms with Crippen LogP contribution in [-0.4, -0.2) is 4.57 Å². The number of aromatic nitrogens is 1. The minimum atomic E-state index is 1.09. The van der Waals surface area contributed by atoms with Crippen LogP contribution in [0.15, 0.2) is 243 Å². The standard InChI is InChI=1S/C60H40N2/c1-2-12-47-40-48(25-24-41(47)10-1)44-22-20-42(21-23-44)43-26-31-49(32-27-43)61(51-35-37-52(38-36-51)62-59-18-7-5-14-57(59)58-15-6-8-19-60(58)62)50-33-28-46(29-34-50)54-16-9-17-55-53-13-4-3-11-45(53)30-39-56(54)55/h1-40H. The zero-order valence-electron chi connectivity index (χ0n) is 34.0. The Morgan fingerprint density at radius 2 is 0.710 bits per heavy atom. The topological polar surface area (TPSA) is 8.17 Å². The van der Waals surface area contributed by atoms with Crippen molar-refractivity contribution in [1.82, 2.24) is 4.57 Å². The molecule has 0 aliphatic heterocycles. The molecule has 0 radical (unpaired) electrons. The van der Waals surface area contributed by atoms with Gasteiger partial charge in [0.15, 0.2) is 0 Å². The molecule has 2 heteroatoms. The zero-order valence-corrected chi connectivity index (χ0v) is 34.0. The van der Waals surface area contributed by atoms with Gasteiger partial charge in [-0.05, 0) is 132 Å². The molecule has 0 spiro atoms. The van der Waals surface area contributed by atoms with Crippen molar-refractivity contribution in [2.45, 2.75) is 0 Å². The molecule has 0 fully saturated rings. The quantitative estimate of drug-likeness (QED) is 0.146. The van der Waals surface area contributed by atoms with Crippen LogP contribution in [0.25, 0.3) is 93.2 Å². The van der Waals surface area contributed by atoms with Crippen LogP contribution in [0.3, 0.4) is 0 Å². The van der Waals surface area contributed by atoms with Crippen LogP contribution in [0.4, 0.5) is 17.1 Å². The molecule has 11 aromatic carbocycles. The molecule has 0 atom stereocenters. The van der Waals surface area contributed by atoms with Crippen molar-refractivity contribution in [3.05, 3.63) is 243 Å². The molecule has 0 bridgehead atoms. The maximum Gasteiger partial charge on any atom is 0.0541 e. The predicted molar refractivity (Wildman–Crippen MR) is 264 cm³/mol. The molecule has 0 aliphatic carbocycles. The highest BCUT2D eigenvalue weighted by Gasteiger charge is 2.17. The average Bonchev–Trinajstić information content (AvgIpc) is 3.69. The lowest BCUT2D eigenvalue weighted by atomic mass is 9.94. The Morgan fingerprint density at radius 1 is 0.258 bits per heavy atom. The van der Waals surface area contributed by atoms with Gasteiger partial charge in [-0.15, -0.1) is 0 Å². The third kappa shape index (κ3) is 6.12. The Bertz CT molecular complexity index is 3540. The summed E-state index contributed by atoms with van der Waals surface area (Å²) in [5.41, 5.74) is 14.1. The van der Waals surface area contributed by atoms with E-state index < -0.39 is 0 Å². The van der Waals surface area contributed by atoms with E-state index in [-0.39, 0.29) is 0 Å². The second kappa shape index (κ2) is 14.8. The number of hydrogen-bond acceptors (Lipinski definition) is 1. The lowest BCUT2D eigenvalue weighted by molar-refractivity contribution is 1.17. The summed E-state index contributed by atoms with van der Waals surface area (Å²) in [6, 6.07) is 88.4. The first-order chi connectivity index (χ1) is 30.7. The van der Waals surface area contributed by atoms with Gasteiger partial charge in [-0.1, -0.05) is 176 Å². The second-order valence-electron chi connectivity index (χ2n) is 16.1. The molecule has 1 heterocycles. The van der Waals surface area contributed by atoms with Crippen LogP contribution in [0, 0.1) is 0 Å². The Labute approximate surface area is 360 Å². The maximum absolute atomic E-state index is 2.38. The summed E-state index contributed by atoms with van der Waals surface area (Å²) in [5.74, 6) is 0. The van der Waals surface area contributed by atoms with E-state index >= 15 is 0 Å². The minimum absolute atomic E-state index is 1.09. The molecule has 2 nitrogen and oxygen atoms in total. The van der Waals surface area contributed by atoms with Gasteiger partial charge in [-0.3, -0.25) is 0 Å². The van der Waals surface area contributed by atoms with Crippen LogP contribution in [0.5, 0.6) is 0 Å². The van der Waals surface area contributed by atoms with Crippen LogP contribution < -0.4 is 4.90 Å². The third-order valence-corrected chi connectivity index (χ3v) is 12.6. The summed E-state index contributed by atoms with van der Waals surface area (Å²) >= 11 is 0. The summed E-state index contributed by atoms with van der Waals surface area (Å²) in [6.45, 7) is 0. The van der Waals surface area contributed by atoms with Crippen LogP contribution in [-0.2, 0) is 0 Å². The molecule has 0 unspecified atom stereocenters. The number of para-hydroxylation sites is 2. The molecular formula is C60H40N2. The van der Waals surface area contributed by atoms with Gasteiger partial charge < -0.3 is 9.47 Å². The number of hydrogen-bond donors (Lipinski definition) is 0. The number of rotatable bonds is 7. The highest BCUT2D eigenvalue weighted by atomic mass is 15.1. The molecule has 12 rings (SSSR count). The molecule has 0 amide bonds. The van der Waals surface area contributed by atoms with E-state index in [0.29, 0.717) is 0 Å². The number of nitrogens with zero attached hydrogens (tertiary/aromatic N) is 2. The van der Waals surface area contributed by atoms with Gasteiger partial charge in [0, 0.05) is 33.5 Å². The fourth-order valence-electron chi connectivity index (χ4n) is 9.51. The lowest BCUT2D eigenvalue weighted by Crippen LogP contribution is -2.10. The normalized spacial score (nSPS) is 11.5. The molecule has 0 saturated heterocycles. The summed E-state index contributed by atoms with van der Waals surface area (Å²) < 4.78 is 2.38. The SMILES string of the molecule is c1ccc2cc(-c3ccc(-c4ccc(N(c5ccc(-c6cccc7c6ccc6ccccc67)cc5)c5ccc(-n6c7ccccc7c7ccccc76)cc5)cc4)cc3)ccc2c1. The van der Waals surface area contributed by atoms with E-state index in [0.717, 1.165) is 22.7 Å². The first-order valence-electron chi connectivity index (χ1n) is 21.3. The van der Waals surface area contributed by atoms with Gasteiger partial charge in [0.1, 0.15) is 0 Å². The van der Waals surface area contributed by atoms with Gasteiger partial charge in [0.25, 0.3) is 0 Å². The molecule has 62 heavy (non-hydrogen) atoms. The van der Waals surface area contributed by atoms with E-state index in [9.17, 15) is 0 Å². The van der Waals surface area contributed by atoms with E-state index in [1.54, 1.807) is 0 Å². The van der Waals surface area contributed by atoms with Gasteiger partial charge in [0.2, 0.25) is 0 Å². The Kier molecular flexibility index (Phi) is 8.53. The van der Waals surface area contributed by atoms with Crippen molar-refractivity contribution in [2.24, 2.45) is 0 Å². The fraction of sp³-hybridized carbons (Fsp3) is 0. The Balaban J connectivity index is 0.917. The maximum atomic E-state index is 2.38. The van der Waals surface area contributed by atoms with Crippen LogP contribution >= 0.6 is 0 Å². The first kappa shape index (κ1) is 35.7. The molecule has 0 N–H and O–H groups in total. The first-order valence-corrected chi connectivity index (χ1v) is 21.3. The molecule has 0 aliphatic rings. The predicted octanol–water partition coefficient (Wildman–Crippen LogP) is 16.7. The number of fused-ring (bicyclic) bond motifs is 7. The van der Waals surface area contributed by atoms with Crippen molar-refractivity contribution >= 4 is 71.2 Å². The average molecular weight is 789 g/mol. The van der Waals surface area contributed by atoms with Gasteiger partial charge in [0.05, 0.1) is 11.0 Å². The molecule has 1 aromatic heterocycles. The van der Waals surface area contributed by atoms with E-state index in [1.165, 1.54) is 87.5 Å². The van der Waals surface area contributed by atoms with Gasteiger partial charge in [-0.2, -0.15) is 0 Å². The smallest absolute Gasteiger partial charge is 0.0541 e. The largest absolute Gasteiger partial charge is 0.311 e. The van der Waals surface area contributed by atoms with Crippen LogP contribution in [0.2, 0.25) is 0 Å². The van der Waals surface area contributed by atoms with Crippen molar-refractivity contribution in [1.29, 1.82) is 0 Å². The summed E-state index contributed by atoms with van der Waals surface area (Å²) in [7, 11) is 0. The van der Waals surface area contributed by atoms with Crippen molar-refractivity contribution in [3.8, 4) is 39.1 Å². The van der Waals surface area contributed by atoms with E-state index in [2.05, 4.69) is 252 Å². The summed E-state index contributed by atoms with van der Waals surface area (Å²) in [5, 5.41) is 10.1. The van der Waals surface area contributed by atoms with E-state index in [1.807, 2.05) is 0 Å². The second-order valence-corrected chi connectivity index (χ2v) is 16.1. The zero-order chi connectivity index (χ0) is 41.0. The minimum Gasteiger partial charge on any atom is -0.311 e. The highest BCUT2D eigenvalue weighted by Crippen LogP contribution is 2.40. The molecule has 0 saturated carbocycles. The Hall–Kier alpha value is -8.20.